The Labute approximate surface area is 119 Å². The van der Waals surface area contributed by atoms with Crippen LogP contribution >= 0.6 is 0 Å². The van der Waals surface area contributed by atoms with Crippen molar-refractivity contribution in [2.24, 2.45) is 0 Å². The molecular weight excluding hydrogens is 275 g/mol. The van der Waals surface area contributed by atoms with Gasteiger partial charge in [-0.05, 0) is 30.7 Å². The Hall–Kier alpha value is -2.19. The van der Waals surface area contributed by atoms with Crippen LogP contribution in [-0.4, -0.2) is 4.21 Å². The van der Waals surface area contributed by atoms with Crippen molar-refractivity contribution in [2.45, 2.75) is 17.6 Å². The van der Waals surface area contributed by atoms with Gasteiger partial charge in [0.15, 0.2) is 0 Å². The Balaban J connectivity index is 2.31. The standard InChI is InChI=1S/C15H13FN2OS/c1-10-5-6-14(13(18)7-10)20(19)9-12-4-2-3-11(8-17)15(12)16/h2-7H,9,18H2,1H3. The summed E-state index contributed by atoms with van der Waals surface area (Å²) in [7, 11) is -1.45. The Kier molecular flexibility index (Phi) is 4.16. The molecule has 2 rings (SSSR count). The van der Waals surface area contributed by atoms with Gasteiger partial charge in [-0.15, -0.1) is 0 Å². The number of hydrogen-bond donors (Lipinski definition) is 1. The van der Waals surface area contributed by atoms with E-state index in [9.17, 15) is 8.60 Å². The fraction of sp³-hybridized carbons (Fsp3) is 0.133. The first-order valence-electron chi connectivity index (χ1n) is 5.95. The fourth-order valence-electron chi connectivity index (χ4n) is 1.87. The van der Waals surface area contributed by atoms with Crippen LogP contribution in [0.2, 0.25) is 0 Å². The van der Waals surface area contributed by atoms with Crippen molar-refractivity contribution >= 4 is 16.5 Å². The minimum absolute atomic E-state index is 0.00534. The second-order valence-electron chi connectivity index (χ2n) is 4.42. The van der Waals surface area contributed by atoms with Crippen LogP contribution < -0.4 is 5.73 Å². The number of anilines is 1. The van der Waals surface area contributed by atoms with Gasteiger partial charge < -0.3 is 5.73 Å². The molecule has 2 aromatic rings. The summed E-state index contributed by atoms with van der Waals surface area (Å²) in [5.41, 5.74) is 7.44. The SMILES string of the molecule is Cc1ccc(S(=O)Cc2cccc(C#N)c2F)c(N)c1. The third-order valence-corrected chi connectivity index (χ3v) is 4.33. The first-order chi connectivity index (χ1) is 9.52. The molecule has 20 heavy (non-hydrogen) atoms. The van der Waals surface area contributed by atoms with Gasteiger partial charge in [0.1, 0.15) is 11.9 Å². The van der Waals surface area contributed by atoms with Gasteiger partial charge in [0.2, 0.25) is 0 Å². The van der Waals surface area contributed by atoms with E-state index < -0.39 is 16.6 Å². The summed E-state index contributed by atoms with van der Waals surface area (Å²) < 4.78 is 26.2. The van der Waals surface area contributed by atoms with Crippen molar-refractivity contribution < 1.29 is 8.60 Å². The highest BCUT2D eigenvalue weighted by Crippen LogP contribution is 2.22. The van der Waals surface area contributed by atoms with Gasteiger partial charge in [-0.2, -0.15) is 5.26 Å². The number of hydrogen-bond acceptors (Lipinski definition) is 3. The quantitative estimate of drug-likeness (QED) is 0.883. The summed E-state index contributed by atoms with van der Waals surface area (Å²) in [4.78, 5) is 0.484. The average molecular weight is 288 g/mol. The molecule has 0 heterocycles. The van der Waals surface area contributed by atoms with Gasteiger partial charge in [-0.25, -0.2) is 4.39 Å². The van der Waals surface area contributed by atoms with Crippen LogP contribution in [-0.2, 0) is 16.6 Å². The Bertz CT molecular complexity index is 722. The van der Waals surface area contributed by atoms with E-state index in [0.29, 0.717) is 10.6 Å². The third-order valence-electron chi connectivity index (χ3n) is 2.90. The number of nitrogen functional groups attached to an aromatic ring is 1. The van der Waals surface area contributed by atoms with Crippen LogP contribution in [0.4, 0.5) is 10.1 Å². The largest absolute Gasteiger partial charge is 0.398 e. The molecule has 0 aliphatic carbocycles. The molecule has 102 valence electrons. The molecule has 2 N–H and O–H groups in total. The number of nitrogens with zero attached hydrogens (tertiary/aromatic N) is 1. The second-order valence-corrected chi connectivity index (χ2v) is 5.84. The molecule has 0 bridgehead atoms. The van der Waals surface area contributed by atoms with Crippen molar-refractivity contribution in [3.63, 3.8) is 0 Å². The van der Waals surface area contributed by atoms with Gasteiger partial charge in [0.05, 0.1) is 27.0 Å². The van der Waals surface area contributed by atoms with Crippen molar-refractivity contribution in [1.82, 2.24) is 0 Å². The maximum atomic E-state index is 13.9. The number of nitrogens with two attached hydrogens (primary N) is 1. The van der Waals surface area contributed by atoms with Crippen LogP contribution in [0.1, 0.15) is 16.7 Å². The molecule has 0 amide bonds. The van der Waals surface area contributed by atoms with Gasteiger partial charge in [0, 0.05) is 11.3 Å². The maximum absolute atomic E-state index is 13.9. The summed E-state index contributed by atoms with van der Waals surface area (Å²) in [5.74, 6) is -0.622. The highest BCUT2D eigenvalue weighted by molar-refractivity contribution is 7.84. The van der Waals surface area contributed by atoms with Crippen molar-refractivity contribution in [2.75, 3.05) is 5.73 Å². The molecule has 0 aromatic heterocycles. The second kappa shape index (κ2) is 5.85. The molecule has 1 unspecified atom stereocenters. The molecule has 2 aromatic carbocycles. The zero-order valence-electron chi connectivity index (χ0n) is 10.9. The molecule has 0 saturated carbocycles. The lowest BCUT2D eigenvalue weighted by atomic mass is 10.1. The predicted octanol–water partition coefficient (Wildman–Crippen LogP) is 2.90. The maximum Gasteiger partial charge on any atom is 0.145 e. The van der Waals surface area contributed by atoms with E-state index in [0.717, 1.165) is 5.56 Å². The van der Waals surface area contributed by atoms with Crippen LogP contribution in [0, 0.1) is 24.1 Å². The van der Waals surface area contributed by atoms with Crippen molar-refractivity contribution in [1.29, 1.82) is 5.26 Å². The zero-order chi connectivity index (χ0) is 14.7. The fourth-order valence-corrected chi connectivity index (χ4v) is 3.07. The molecule has 5 heteroatoms. The van der Waals surface area contributed by atoms with Crippen molar-refractivity contribution in [3.05, 3.63) is 58.9 Å². The summed E-state index contributed by atoms with van der Waals surface area (Å²) in [5, 5.41) is 8.78. The minimum atomic E-state index is -1.45. The number of benzene rings is 2. The third kappa shape index (κ3) is 2.86. The van der Waals surface area contributed by atoms with E-state index in [1.54, 1.807) is 24.3 Å². The van der Waals surface area contributed by atoms with E-state index >= 15 is 0 Å². The Morgan fingerprint density at radius 2 is 2.10 bits per heavy atom. The van der Waals surface area contributed by atoms with Crippen LogP contribution in [0.15, 0.2) is 41.3 Å². The number of nitriles is 1. The number of aryl methyl sites for hydroxylation is 1. The van der Waals surface area contributed by atoms with E-state index in [4.69, 9.17) is 11.0 Å². The molecule has 0 aliphatic rings. The molecular formula is C15H13FN2OS. The normalized spacial score (nSPS) is 11.8. The van der Waals surface area contributed by atoms with Gasteiger partial charge >= 0.3 is 0 Å². The lowest BCUT2D eigenvalue weighted by Gasteiger charge is -2.08. The zero-order valence-corrected chi connectivity index (χ0v) is 11.7. The average Bonchev–Trinajstić information content (AvgIpc) is 2.41. The molecule has 3 nitrogen and oxygen atoms in total. The van der Waals surface area contributed by atoms with Crippen molar-refractivity contribution in [3.8, 4) is 6.07 Å². The van der Waals surface area contributed by atoms with E-state index in [1.807, 2.05) is 13.0 Å². The number of halogens is 1. The molecule has 0 spiro atoms. The van der Waals surface area contributed by atoms with E-state index in [-0.39, 0.29) is 16.9 Å². The molecule has 1 atom stereocenters. The Morgan fingerprint density at radius 1 is 1.35 bits per heavy atom. The molecule has 0 saturated heterocycles. The molecule has 0 aliphatic heterocycles. The van der Waals surface area contributed by atoms with Gasteiger partial charge in [-0.3, -0.25) is 4.21 Å². The van der Waals surface area contributed by atoms with E-state index in [1.165, 1.54) is 12.1 Å². The highest BCUT2D eigenvalue weighted by atomic mass is 32.2. The summed E-state index contributed by atoms with van der Waals surface area (Å²) in [6, 6.07) is 11.5. The first-order valence-corrected chi connectivity index (χ1v) is 7.27. The minimum Gasteiger partial charge on any atom is -0.398 e. The number of rotatable bonds is 3. The smallest absolute Gasteiger partial charge is 0.145 e. The Morgan fingerprint density at radius 3 is 2.75 bits per heavy atom. The molecule has 0 radical (unpaired) electrons. The summed E-state index contributed by atoms with van der Waals surface area (Å²) >= 11 is 0. The lowest BCUT2D eigenvalue weighted by molar-refractivity contribution is 0.611. The monoisotopic (exact) mass is 288 g/mol. The molecule has 0 fully saturated rings. The summed E-state index contributed by atoms with van der Waals surface area (Å²) in [6.45, 7) is 1.89. The lowest BCUT2D eigenvalue weighted by Crippen LogP contribution is -2.03. The highest BCUT2D eigenvalue weighted by Gasteiger charge is 2.13. The van der Waals surface area contributed by atoms with E-state index in [2.05, 4.69) is 0 Å². The van der Waals surface area contributed by atoms with Gasteiger partial charge in [-0.1, -0.05) is 18.2 Å². The van der Waals surface area contributed by atoms with Crippen LogP contribution in [0.3, 0.4) is 0 Å². The van der Waals surface area contributed by atoms with Gasteiger partial charge in [0.25, 0.3) is 0 Å². The van der Waals surface area contributed by atoms with Crippen LogP contribution in [0.25, 0.3) is 0 Å². The predicted molar refractivity (Wildman–Crippen MR) is 76.8 cm³/mol. The topological polar surface area (TPSA) is 66.9 Å². The summed E-state index contributed by atoms with van der Waals surface area (Å²) in [6.07, 6.45) is 0. The first kappa shape index (κ1) is 14.2. The van der Waals surface area contributed by atoms with Crippen LogP contribution in [0.5, 0.6) is 0 Å².